The van der Waals surface area contributed by atoms with Crippen molar-refractivity contribution in [3.8, 4) is 0 Å². The van der Waals surface area contributed by atoms with Crippen molar-refractivity contribution in [2.45, 2.75) is 31.7 Å². The van der Waals surface area contributed by atoms with Crippen LogP contribution in [-0.2, 0) is 14.8 Å². The van der Waals surface area contributed by atoms with Gasteiger partial charge in [-0.15, -0.1) is 0 Å². The Kier molecular flexibility index (Phi) is 6.19. The van der Waals surface area contributed by atoms with Gasteiger partial charge in [0.15, 0.2) is 0 Å². The molecule has 144 valence electrons. The number of hydrogen-bond acceptors (Lipinski definition) is 4. The van der Waals surface area contributed by atoms with Crippen LogP contribution in [0.2, 0.25) is 0 Å². The SMILES string of the molecule is CC(=O)Nc1cc(NC(=O)NC(C)c2ccc(S(N)(=O)=O)cc2)ccc1C. The average molecular weight is 390 g/mol. The molecule has 0 fully saturated rings. The van der Waals surface area contributed by atoms with Gasteiger partial charge in [0.2, 0.25) is 15.9 Å². The number of urea groups is 1. The Bertz CT molecular complexity index is 956. The van der Waals surface area contributed by atoms with Crippen LogP contribution < -0.4 is 21.1 Å². The van der Waals surface area contributed by atoms with Crippen LogP contribution in [0, 0.1) is 6.92 Å². The molecule has 0 heterocycles. The average Bonchev–Trinajstić information content (AvgIpc) is 2.56. The largest absolute Gasteiger partial charge is 0.331 e. The molecule has 0 aromatic heterocycles. The lowest BCUT2D eigenvalue weighted by Gasteiger charge is -2.16. The van der Waals surface area contributed by atoms with Gasteiger partial charge in [0.05, 0.1) is 10.9 Å². The highest BCUT2D eigenvalue weighted by molar-refractivity contribution is 7.89. The van der Waals surface area contributed by atoms with Crippen LogP contribution in [0.25, 0.3) is 0 Å². The number of anilines is 2. The lowest BCUT2D eigenvalue weighted by molar-refractivity contribution is -0.114. The van der Waals surface area contributed by atoms with Crippen LogP contribution in [0.4, 0.5) is 16.2 Å². The third kappa shape index (κ3) is 5.80. The normalized spacial score (nSPS) is 12.1. The van der Waals surface area contributed by atoms with Crippen molar-refractivity contribution in [3.63, 3.8) is 0 Å². The first-order valence-corrected chi connectivity index (χ1v) is 9.69. The lowest BCUT2D eigenvalue weighted by Crippen LogP contribution is -2.31. The number of carbonyl (C=O) groups is 2. The Morgan fingerprint density at radius 3 is 2.22 bits per heavy atom. The number of nitrogens with two attached hydrogens (primary N) is 1. The molecule has 0 aliphatic rings. The number of aryl methyl sites for hydroxylation is 1. The van der Waals surface area contributed by atoms with E-state index >= 15 is 0 Å². The number of primary sulfonamides is 1. The van der Waals surface area contributed by atoms with Crippen LogP contribution in [-0.4, -0.2) is 20.4 Å². The Morgan fingerprint density at radius 1 is 1.04 bits per heavy atom. The molecule has 0 saturated heterocycles. The quantitative estimate of drug-likeness (QED) is 0.625. The number of amides is 3. The van der Waals surface area contributed by atoms with E-state index in [1.54, 1.807) is 37.3 Å². The number of rotatable bonds is 5. The second kappa shape index (κ2) is 8.19. The molecule has 0 saturated carbocycles. The summed E-state index contributed by atoms with van der Waals surface area (Å²) >= 11 is 0. The first-order chi connectivity index (χ1) is 12.6. The molecule has 2 aromatic carbocycles. The molecule has 1 atom stereocenters. The van der Waals surface area contributed by atoms with E-state index < -0.39 is 16.1 Å². The summed E-state index contributed by atoms with van der Waals surface area (Å²) in [4.78, 5) is 23.5. The molecule has 9 heteroatoms. The standard InChI is InChI=1S/C18H22N4O4S/c1-11-4-7-15(10-17(11)21-13(3)23)22-18(24)20-12(2)14-5-8-16(9-6-14)27(19,25)26/h4-10,12H,1-3H3,(H,21,23)(H2,19,25,26)(H2,20,22,24). The molecule has 5 N–H and O–H groups in total. The fourth-order valence-corrected chi connectivity index (χ4v) is 2.93. The molecule has 0 spiro atoms. The van der Waals surface area contributed by atoms with E-state index in [2.05, 4.69) is 16.0 Å². The summed E-state index contributed by atoms with van der Waals surface area (Å²) < 4.78 is 22.6. The van der Waals surface area contributed by atoms with Crippen molar-refractivity contribution in [2.75, 3.05) is 10.6 Å². The van der Waals surface area contributed by atoms with E-state index in [-0.39, 0.29) is 16.8 Å². The highest BCUT2D eigenvalue weighted by Gasteiger charge is 2.13. The van der Waals surface area contributed by atoms with Gasteiger partial charge in [0, 0.05) is 18.3 Å². The predicted octanol–water partition coefficient (Wildman–Crippen LogP) is 2.48. The van der Waals surface area contributed by atoms with Gasteiger partial charge in [-0.3, -0.25) is 4.79 Å². The highest BCUT2D eigenvalue weighted by Crippen LogP contribution is 2.21. The summed E-state index contributed by atoms with van der Waals surface area (Å²) in [6.07, 6.45) is 0. The monoisotopic (exact) mass is 390 g/mol. The zero-order valence-corrected chi connectivity index (χ0v) is 16.1. The molecule has 8 nitrogen and oxygen atoms in total. The minimum absolute atomic E-state index is 0.00746. The minimum Gasteiger partial charge on any atom is -0.331 e. The molecule has 2 rings (SSSR count). The van der Waals surface area contributed by atoms with E-state index in [0.717, 1.165) is 11.1 Å². The maximum absolute atomic E-state index is 12.2. The summed E-state index contributed by atoms with van der Waals surface area (Å²) in [6, 6.07) is 10.3. The van der Waals surface area contributed by atoms with Crippen LogP contribution in [0.15, 0.2) is 47.4 Å². The lowest BCUT2D eigenvalue weighted by atomic mass is 10.1. The highest BCUT2D eigenvalue weighted by atomic mass is 32.2. The number of nitrogens with one attached hydrogen (secondary N) is 3. The molecule has 27 heavy (non-hydrogen) atoms. The van der Waals surface area contributed by atoms with Gasteiger partial charge < -0.3 is 16.0 Å². The summed E-state index contributed by atoms with van der Waals surface area (Å²) in [5.41, 5.74) is 2.74. The molecule has 0 aliphatic carbocycles. The maximum atomic E-state index is 12.2. The van der Waals surface area contributed by atoms with Crippen LogP contribution in [0.3, 0.4) is 0 Å². The van der Waals surface area contributed by atoms with Crippen molar-refractivity contribution in [1.82, 2.24) is 5.32 Å². The van der Waals surface area contributed by atoms with Gasteiger partial charge in [-0.2, -0.15) is 0 Å². The Morgan fingerprint density at radius 2 is 1.67 bits per heavy atom. The van der Waals surface area contributed by atoms with Crippen molar-refractivity contribution < 1.29 is 18.0 Å². The van der Waals surface area contributed by atoms with E-state index in [4.69, 9.17) is 5.14 Å². The number of hydrogen-bond donors (Lipinski definition) is 4. The topological polar surface area (TPSA) is 130 Å². The molecule has 3 amide bonds. The summed E-state index contributed by atoms with van der Waals surface area (Å²) in [5.74, 6) is -0.198. The minimum atomic E-state index is -3.76. The van der Waals surface area contributed by atoms with Crippen LogP contribution in [0.5, 0.6) is 0 Å². The number of sulfonamides is 1. The van der Waals surface area contributed by atoms with E-state index in [9.17, 15) is 18.0 Å². The predicted molar refractivity (Wildman–Crippen MR) is 104 cm³/mol. The maximum Gasteiger partial charge on any atom is 0.319 e. The molecular weight excluding hydrogens is 368 g/mol. The third-order valence-electron chi connectivity index (χ3n) is 3.86. The van der Waals surface area contributed by atoms with Gasteiger partial charge in [0.25, 0.3) is 0 Å². The third-order valence-corrected chi connectivity index (χ3v) is 4.79. The van der Waals surface area contributed by atoms with Gasteiger partial charge in [0.1, 0.15) is 0 Å². The molecule has 1 unspecified atom stereocenters. The van der Waals surface area contributed by atoms with Crippen molar-refractivity contribution >= 4 is 33.3 Å². The molecule has 0 bridgehead atoms. The number of carbonyl (C=O) groups excluding carboxylic acids is 2. The first kappa shape index (κ1) is 20.4. The molecule has 2 aromatic rings. The van der Waals surface area contributed by atoms with Crippen LogP contribution in [0.1, 0.15) is 31.0 Å². The Hall–Kier alpha value is -2.91. The summed E-state index contributed by atoms with van der Waals surface area (Å²) in [7, 11) is -3.76. The first-order valence-electron chi connectivity index (χ1n) is 8.15. The van der Waals surface area contributed by atoms with E-state index in [1.807, 2.05) is 6.92 Å². The molecule has 0 aliphatic heterocycles. The van der Waals surface area contributed by atoms with E-state index in [1.165, 1.54) is 19.1 Å². The van der Waals surface area contributed by atoms with Gasteiger partial charge in [-0.05, 0) is 49.2 Å². The second-order valence-corrected chi connectivity index (χ2v) is 7.71. The molecule has 0 radical (unpaired) electrons. The van der Waals surface area contributed by atoms with Gasteiger partial charge in [-0.1, -0.05) is 18.2 Å². The smallest absolute Gasteiger partial charge is 0.319 e. The van der Waals surface area contributed by atoms with Gasteiger partial charge >= 0.3 is 6.03 Å². The fourth-order valence-electron chi connectivity index (χ4n) is 2.42. The fraction of sp³-hybridized carbons (Fsp3) is 0.222. The zero-order chi connectivity index (χ0) is 20.2. The summed E-state index contributed by atoms with van der Waals surface area (Å²) in [6.45, 7) is 5.03. The Balaban J connectivity index is 2.04. The molecular formula is C18H22N4O4S. The van der Waals surface area contributed by atoms with E-state index in [0.29, 0.717) is 11.4 Å². The van der Waals surface area contributed by atoms with Gasteiger partial charge in [-0.25, -0.2) is 18.4 Å². The second-order valence-electron chi connectivity index (χ2n) is 6.15. The Labute approximate surface area is 158 Å². The summed E-state index contributed by atoms with van der Waals surface area (Å²) in [5, 5.41) is 13.2. The van der Waals surface area contributed by atoms with Crippen molar-refractivity contribution in [1.29, 1.82) is 0 Å². The number of benzene rings is 2. The van der Waals surface area contributed by atoms with Crippen molar-refractivity contribution in [2.24, 2.45) is 5.14 Å². The van der Waals surface area contributed by atoms with Crippen LogP contribution >= 0.6 is 0 Å². The van der Waals surface area contributed by atoms with Crippen molar-refractivity contribution in [3.05, 3.63) is 53.6 Å². The zero-order valence-electron chi connectivity index (χ0n) is 15.2.